The highest BCUT2D eigenvalue weighted by Gasteiger charge is 1.98. The lowest BCUT2D eigenvalue weighted by Crippen LogP contribution is -1.72. The first-order valence-electron chi connectivity index (χ1n) is 5.38. The van der Waals surface area contributed by atoms with E-state index in [9.17, 15) is 0 Å². The lowest BCUT2D eigenvalue weighted by atomic mass is 10.2. The molecule has 2 aromatic carbocycles. The molecule has 0 heterocycles. The maximum atomic E-state index is 2.22. The van der Waals surface area contributed by atoms with Crippen molar-refractivity contribution in [3.8, 4) is 0 Å². The largest absolute Gasteiger partial charge is 0.0609 e. The van der Waals surface area contributed by atoms with E-state index in [1.165, 1.54) is 20.9 Å². The van der Waals surface area contributed by atoms with Crippen LogP contribution in [0.5, 0.6) is 0 Å². The van der Waals surface area contributed by atoms with Gasteiger partial charge in [-0.25, -0.2) is 0 Å². The van der Waals surface area contributed by atoms with Gasteiger partial charge in [0, 0.05) is 9.79 Å². The quantitative estimate of drug-likeness (QED) is 0.653. The van der Waals surface area contributed by atoms with Gasteiger partial charge in [0.05, 0.1) is 0 Å². The summed E-state index contributed by atoms with van der Waals surface area (Å²) >= 11 is 0. The Balaban J connectivity index is 1.87. The predicted molar refractivity (Wildman–Crippen MR) is 81.7 cm³/mol. The molecule has 0 atom stereocenters. The first kappa shape index (κ1) is 12.9. The molecule has 0 radical (unpaired) electrons. The van der Waals surface area contributed by atoms with Crippen LogP contribution in [0.3, 0.4) is 0 Å². The average Bonchev–Trinajstić information content (AvgIpc) is 2.29. The van der Waals surface area contributed by atoms with E-state index in [1.54, 1.807) is 0 Å². The molecule has 0 N–H and O–H groups in total. The van der Waals surface area contributed by atoms with Crippen LogP contribution >= 0.6 is 31.4 Å². The minimum absolute atomic E-state index is 1.31. The van der Waals surface area contributed by atoms with Gasteiger partial charge in [0.1, 0.15) is 0 Å². The van der Waals surface area contributed by atoms with Crippen molar-refractivity contribution in [2.24, 2.45) is 0 Å². The Labute approximate surface area is 114 Å². The summed E-state index contributed by atoms with van der Waals surface area (Å²) in [6, 6.07) is 17.2. The Morgan fingerprint density at radius 1 is 0.706 bits per heavy atom. The van der Waals surface area contributed by atoms with Crippen molar-refractivity contribution >= 4 is 31.4 Å². The fraction of sp³-hybridized carbons (Fsp3) is 0.143. The SMILES string of the molecule is Cc1cccc(SSSc2cccc(C)c2)c1. The fourth-order valence-electron chi connectivity index (χ4n) is 1.43. The molecule has 88 valence electrons. The van der Waals surface area contributed by atoms with Crippen molar-refractivity contribution in [2.45, 2.75) is 23.6 Å². The van der Waals surface area contributed by atoms with E-state index < -0.39 is 0 Å². The van der Waals surface area contributed by atoms with Gasteiger partial charge >= 0.3 is 0 Å². The van der Waals surface area contributed by atoms with Crippen molar-refractivity contribution < 1.29 is 0 Å². The van der Waals surface area contributed by atoms with Gasteiger partial charge < -0.3 is 0 Å². The first-order valence-corrected chi connectivity index (χ1v) is 8.87. The maximum Gasteiger partial charge on any atom is 0.0193 e. The third-order valence-electron chi connectivity index (χ3n) is 2.24. The van der Waals surface area contributed by atoms with E-state index in [1.807, 2.05) is 31.4 Å². The topological polar surface area (TPSA) is 0 Å². The summed E-state index contributed by atoms with van der Waals surface area (Å²) < 4.78 is 0. The predicted octanol–water partition coefficient (Wildman–Crippen LogP) is 5.75. The summed E-state index contributed by atoms with van der Waals surface area (Å²) in [6.07, 6.45) is 0. The molecule has 2 rings (SSSR count). The third kappa shape index (κ3) is 4.34. The van der Waals surface area contributed by atoms with Crippen molar-refractivity contribution in [3.05, 3.63) is 59.7 Å². The van der Waals surface area contributed by atoms with Crippen molar-refractivity contribution in [3.63, 3.8) is 0 Å². The molecular weight excluding hydrogens is 264 g/mol. The highest BCUT2D eigenvalue weighted by atomic mass is 33.5. The molecule has 0 fully saturated rings. The van der Waals surface area contributed by atoms with Crippen LogP contribution in [-0.4, -0.2) is 0 Å². The van der Waals surface area contributed by atoms with Gasteiger partial charge in [0.2, 0.25) is 0 Å². The van der Waals surface area contributed by atoms with Gasteiger partial charge in [0.15, 0.2) is 0 Å². The molecular formula is C14H14S3. The number of hydrogen-bond donors (Lipinski definition) is 0. The Hall–Kier alpha value is -0.510. The molecule has 0 unspecified atom stereocenters. The normalized spacial score (nSPS) is 10.5. The van der Waals surface area contributed by atoms with Crippen molar-refractivity contribution in [1.82, 2.24) is 0 Å². The van der Waals surface area contributed by atoms with Gasteiger partial charge in [-0.05, 0) is 80.7 Å². The summed E-state index contributed by atoms with van der Waals surface area (Å²) in [7, 11) is 5.44. The molecule has 0 aliphatic heterocycles. The minimum Gasteiger partial charge on any atom is -0.0609 e. The molecule has 0 aromatic heterocycles. The van der Waals surface area contributed by atoms with E-state index in [2.05, 4.69) is 62.4 Å². The molecule has 0 saturated heterocycles. The van der Waals surface area contributed by atoms with E-state index in [0.29, 0.717) is 0 Å². The molecule has 0 saturated carbocycles. The van der Waals surface area contributed by atoms with E-state index in [-0.39, 0.29) is 0 Å². The van der Waals surface area contributed by atoms with Gasteiger partial charge in [-0.2, -0.15) is 0 Å². The lowest BCUT2D eigenvalue weighted by Gasteiger charge is -2.02. The fourth-order valence-corrected chi connectivity index (χ4v) is 5.27. The average molecular weight is 278 g/mol. The summed E-state index contributed by atoms with van der Waals surface area (Å²) in [5.74, 6) is 0. The molecule has 0 nitrogen and oxygen atoms in total. The maximum absolute atomic E-state index is 2.22. The van der Waals surface area contributed by atoms with E-state index in [4.69, 9.17) is 0 Å². The molecule has 2 aromatic rings. The summed E-state index contributed by atoms with van der Waals surface area (Å²) in [5, 5.41) is 0. The van der Waals surface area contributed by atoms with Crippen LogP contribution in [0, 0.1) is 13.8 Å². The molecule has 0 aliphatic rings. The standard InChI is InChI=1S/C14H14S3/c1-11-5-3-7-13(9-11)15-17-16-14-8-4-6-12(2)10-14/h3-10H,1-2H3. The summed E-state index contributed by atoms with van der Waals surface area (Å²) in [5.41, 5.74) is 2.63. The summed E-state index contributed by atoms with van der Waals surface area (Å²) in [4.78, 5) is 2.63. The monoisotopic (exact) mass is 278 g/mol. The molecule has 0 aliphatic carbocycles. The second kappa shape index (κ2) is 6.43. The van der Waals surface area contributed by atoms with Crippen LogP contribution < -0.4 is 0 Å². The number of aryl methyl sites for hydroxylation is 2. The van der Waals surface area contributed by atoms with Gasteiger partial charge in [-0.15, -0.1) is 0 Å². The highest BCUT2D eigenvalue weighted by Crippen LogP contribution is 2.44. The number of benzene rings is 2. The molecule has 0 bridgehead atoms. The van der Waals surface area contributed by atoms with Crippen molar-refractivity contribution in [2.75, 3.05) is 0 Å². The van der Waals surface area contributed by atoms with Crippen LogP contribution in [0.1, 0.15) is 11.1 Å². The molecule has 0 spiro atoms. The smallest absolute Gasteiger partial charge is 0.0193 e. The Morgan fingerprint density at radius 2 is 1.18 bits per heavy atom. The zero-order valence-corrected chi connectivity index (χ0v) is 12.3. The molecule has 3 heteroatoms. The second-order valence-corrected chi connectivity index (χ2v) is 7.91. The van der Waals surface area contributed by atoms with Crippen LogP contribution in [0.15, 0.2) is 58.3 Å². The van der Waals surface area contributed by atoms with E-state index in [0.717, 1.165) is 0 Å². The lowest BCUT2D eigenvalue weighted by molar-refractivity contribution is 1.37. The Morgan fingerprint density at radius 3 is 1.59 bits per heavy atom. The van der Waals surface area contributed by atoms with Crippen molar-refractivity contribution in [1.29, 1.82) is 0 Å². The van der Waals surface area contributed by atoms with Crippen LogP contribution in [0.25, 0.3) is 0 Å². The summed E-state index contributed by atoms with van der Waals surface area (Å²) in [6.45, 7) is 4.25. The van der Waals surface area contributed by atoms with Gasteiger partial charge in [-0.3, -0.25) is 0 Å². The number of hydrogen-bond acceptors (Lipinski definition) is 3. The molecule has 0 amide bonds. The number of rotatable bonds is 4. The Kier molecular flexibility index (Phi) is 4.89. The highest BCUT2D eigenvalue weighted by molar-refractivity contribution is 9.09. The van der Waals surface area contributed by atoms with Crippen LogP contribution in [0.2, 0.25) is 0 Å². The third-order valence-corrected chi connectivity index (χ3v) is 6.06. The second-order valence-electron chi connectivity index (χ2n) is 3.87. The van der Waals surface area contributed by atoms with Gasteiger partial charge in [-0.1, -0.05) is 24.3 Å². The van der Waals surface area contributed by atoms with E-state index >= 15 is 0 Å². The zero-order chi connectivity index (χ0) is 12.1. The molecule has 17 heavy (non-hydrogen) atoms. The van der Waals surface area contributed by atoms with Crippen LogP contribution in [0.4, 0.5) is 0 Å². The Bertz CT molecular complexity index is 449. The first-order chi connectivity index (χ1) is 8.24. The zero-order valence-electron chi connectivity index (χ0n) is 9.84. The van der Waals surface area contributed by atoms with Crippen LogP contribution in [-0.2, 0) is 0 Å². The van der Waals surface area contributed by atoms with Gasteiger partial charge in [0.25, 0.3) is 0 Å². The minimum atomic E-state index is 1.31.